The molecular weight excluding hydrogens is 507 g/mol. The molecule has 0 aliphatic carbocycles. The summed E-state index contributed by atoms with van der Waals surface area (Å²) < 4.78 is 40.8. The molecule has 35 heavy (non-hydrogen) atoms. The largest absolute Gasteiger partial charge is 0.388 e. The second kappa shape index (κ2) is 9.74. The molecule has 0 saturated carbocycles. The lowest BCUT2D eigenvalue weighted by molar-refractivity contribution is -0.191. The van der Waals surface area contributed by atoms with E-state index in [9.17, 15) is 18.3 Å². The molecule has 2 aliphatic heterocycles. The first kappa shape index (κ1) is 24.8. The molecule has 0 bridgehead atoms. The van der Waals surface area contributed by atoms with Gasteiger partial charge in [0.2, 0.25) is 0 Å². The van der Waals surface area contributed by atoms with Crippen LogP contribution >= 0.6 is 22.9 Å². The number of rotatable bonds is 4. The van der Waals surface area contributed by atoms with Crippen molar-refractivity contribution in [2.24, 2.45) is 4.99 Å². The van der Waals surface area contributed by atoms with E-state index in [0.717, 1.165) is 0 Å². The molecule has 4 heterocycles. The van der Waals surface area contributed by atoms with E-state index in [1.165, 1.54) is 41.8 Å². The van der Waals surface area contributed by atoms with Gasteiger partial charge in [-0.05, 0) is 25.1 Å². The zero-order valence-corrected chi connectivity index (χ0v) is 19.6. The van der Waals surface area contributed by atoms with Gasteiger partial charge in [-0.1, -0.05) is 17.7 Å². The van der Waals surface area contributed by atoms with Gasteiger partial charge in [-0.3, -0.25) is 4.99 Å². The normalized spacial score (nSPS) is 21.4. The summed E-state index contributed by atoms with van der Waals surface area (Å²) in [6.07, 6.45) is 3.35. The van der Waals surface area contributed by atoms with Gasteiger partial charge in [-0.15, -0.1) is 11.3 Å². The highest BCUT2D eigenvalue weighted by Crippen LogP contribution is 2.47. The fourth-order valence-corrected chi connectivity index (χ4v) is 5.05. The van der Waals surface area contributed by atoms with Crippen LogP contribution in [0.5, 0.6) is 0 Å². The Morgan fingerprint density at radius 3 is 2.66 bits per heavy atom. The fraction of sp³-hybridized carbons (Fsp3) is 0.273. The summed E-state index contributed by atoms with van der Waals surface area (Å²) in [5.41, 5.74) is 0.944. The van der Waals surface area contributed by atoms with Crippen LogP contribution in [0.15, 0.2) is 52.7 Å². The number of aliphatic imine (C=N–C) groups is 1. The highest BCUT2D eigenvalue weighted by molar-refractivity contribution is 7.11. The Morgan fingerprint density at radius 2 is 2.06 bits per heavy atom. The Kier molecular flexibility index (Phi) is 6.91. The van der Waals surface area contributed by atoms with Gasteiger partial charge in [-0.25, -0.2) is 14.1 Å². The van der Waals surface area contributed by atoms with Crippen LogP contribution in [-0.4, -0.2) is 48.9 Å². The third-order valence-corrected chi connectivity index (χ3v) is 6.53. The predicted octanol–water partition coefficient (Wildman–Crippen LogP) is 4.31. The molecule has 0 amide bonds. The second-order valence-corrected chi connectivity index (χ2v) is 9.32. The molecule has 3 aromatic rings. The van der Waals surface area contributed by atoms with Gasteiger partial charge in [-0.2, -0.15) is 23.5 Å². The lowest BCUT2D eigenvalue weighted by atomic mass is 9.91. The molecule has 0 spiro atoms. The minimum absolute atomic E-state index is 0.154. The van der Waals surface area contributed by atoms with Gasteiger partial charge in [0.1, 0.15) is 11.9 Å². The zero-order valence-electron chi connectivity index (χ0n) is 18.0. The molecule has 0 unspecified atom stereocenters. The van der Waals surface area contributed by atoms with Crippen LogP contribution < -0.4 is 0 Å². The standard InChI is InChI=1S/C21H17ClF3N5OS.CO2/c1-21(31)9-15-16(14-4-6-30(28-14)20(24)25)17(12-3-2-11(23)8-13(12)22)27-18(29(15)10-21)19-26-5-7-32-19;2-1-3/h2-8,17,20,31H,9-10H2,1H3;/t17-,21-;/m0./s1. The maximum atomic E-state index is 13.8. The van der Waals surface area contributed by atoms with E-state index in [1.54, 1.807) is 13.1 Å². The highest BCUT2D eigenvalue weighted by Gasteiger charge is 2.44. The number of halogens is 4. The van der Waals surface area contributed by atoms with Crippen molar-refractivity contribution in [1.82, 2.24) is 19.7 Å². The second-order valence-electron chi connectivity index (χ2n) is 8.02. The smallest absolute Gasteiger partial charge is 0.373 e. The van der Waals surface area contributed by atoms with Crippen LogP contribution in [0, 0.1) is 5.82 Å². The molecule has 1 fully saturated rings. The summed E-state index contributed by atoms with van der Waals surface area (Å²) in [5.74, 6) is 0.0375. The number of hydrogen-bond acceptors (Lipinski definition) is 8. The van der Waals surface area contributed by atoms with Crippen molar-refractivity contribution in [3.63, 3.8) is 0 Å². The minimum atomic E-state index is -2.80. The summed E-state index contributed by atoms with van der Waals surface area (Å²) in [7, 11) is 0. The van der Waals surface area contributed by atoms with E-state index in [0.29, 0.717) is 32.4 Å². The third-order valence-electron chi connectivity index (χ3n) is 5.43. The van der Waals surface area contributed by atoms with Gasteiger partial charge in [0.25, 0.3) is 0 Å². The molecule has 2 atom stereocenters. The molecule has 2 aliphatic rings. The van der Waals surface area contributed by atoms with Crippen LogP contribution in [0.4, 0.5) is 13.2 Å². The van der Waals surface area contributed by atoms with Gasteiger partial charge >= 0.3 is 12.7 Å². The Hall–Kier alpha value is -3.31. The number of aromatic nitrogens is 3. The first-order valence-corrected chi connectivity index (χ1v) is 11.4. The Morgan fingerprint density at radius 1 is 1.31 bits per heavy atom. The molecule has 13 heteroatoms. The van der Waals surface area contributed by atoms with Crippen LogP contribution in [0.25, 0.3) is 5.57 Å². The molecule has 2 aromatic heterocycles. The average Bonchev–Trinajstić information content (AvgIpc) is 3.52. The summed E-state index contributed by atoms with van der Waals surface area (Å²) in [6, 6.07) is 4.72. The van der Waals surface area contributed by atoms with Crippen LogP contribution in [0.3, 0.4) is 0 Å². The lowest BCUT2D eigenvalue weighted by Gasteiger charge is -2.32. The number of carbonyl (C=O) groups excluding carboxylic acids is 2. The van der Waals surface area contributed by atoms with Crippen molar-refractivity contribution in [3.8, 4) is 0 Å². The van der Waals surface area contributed by atoms with E-state index in [2.05, 4.69) is 10.1 Å². The molecule has 182 valence electrons. The quantitative estimate of drug-likeness (QED) is 0.547. The van der Waals surface area contributed by atoms with E-state index in [4.69, 9.17) is 26.2 Å². The molecule has 1 N–H and O–H groups in total. The van der Waals surface area contributed by atoms with Crippen molar-refractivity contribution in [2.75, 3.05) is 6.54 Å². The van der Waals surface area contributed by atoms with Gasteiger partial charge in [0, 0.05) is 46.1 Å². The average molecular weight is 524 g/mol. The first-order chi connectivity index (χ1) is 16.6. The van der Waals surface area contributed by atoms with E-state index >= 15 is 0 Å². The topological polar surface area (TPSA) is 101 Å². The fourth-order valence-electron chi connectivity index (χ4n) is 4.14. The Bertz CT molecular complexity index is 1330. The highest BCUT2D eigenvalue weighted by atomic mass is 35.5. The number of aliphatic hydroxyl groups is 1. The van der Waals surface area contributed by atoms with Crippen LogP contribution in [0.2, 0.25) is 5.02 Å². The van der Waals surface area contributed by atoms with E-state index in [-0.39, 0.29) is 29.8 Å². The summed E-state index contributed by atoms with van der Waals surface area (Å²) >= 11 is 7.78. The maximum absolute atomic E-state index is 13.8. The molecule has 5 rings (SSSR count). The molecular formula is C22H17ClF3N5O3S. The summed E-state index contributed by atoms with van der Waals surface area (Å²) in [5, 5.41) is 17.5. The van der Waals surface area contributed by atoms with Crippen molar-refractivity contribution >= 4 is 40.5 Å². The third kappa shape index (κ3) is 4.92. The van der Waals surface area contributed by atoms with Crippen LogP contribution in [-0.2, 0) is 9.59 Å². The Labute approximate surface area is 206 Å². The van der Waals surface area contributed by atoms with Gasteiger partial charge in [0.05, 0.1) is 17.8 Å². The number of thiazole rings is 1. The van der Waals surface area contributed by atoms with Crippen molar-refractivity contribution in [1.29, 1.82) is 0 Å². The lowest BCUT2D eigenvalue weighted by Crippen LogP contribution is -2.36. The number of fused-ring (bicyclic) bond motifs is 1. The SMILES string of the molecule is C[C@]1(O)CC2=C(c3ccn(C(F)F)n3)[C@H](c3ccc(F)cc3Cl)N=C(c3nccs3)N2C1.O=C=O. The number of benzene rings is 1. The first-order valence-electron chi connectivity index (χ1n) is 10.1. The number of alkyl halides is 2. The molecule has 0 radical (unpaired) electrons. The monoisotopic (exact) mass is 523 g/mol. The molecule has 1 aromatic carbocycles. The molecule has 8 nitrogen and oxygen atoms in total. The summed E-state index contributed by atoms with van der Waals surface area (Å²) in [6.45, 7) is -0.848. The number of amidine groups is 1. The van der Waals surface area contributed by atoms with Crippen molar-refractivity contribution in [3.05, 3.63) is 74.8 Å². The van der Waals surface area contributed by atoms with E-state index in [1.807, 2.05) is 10.3 Å². The minimum Gasteiger partial charge on any atom is -0.388 e. The van der Waals surface area contributed by atoms with Crippen LogP contribution in [0.1, 0.15) is 42.2 Å². The van der Waals surface area contributed by atoms with Gasteiger partial charge in [0.15, 0.2) is 10.8 Å². The predicted molar refractivity (Wildman–Crippen MR) is 120 cm³/mol. The number of nitrogens with zero attached hydrogens (tertiary/aromatic N) is 5. The summed E-state index contributed by atoms with van der Waals surface area (Å²) in [4.78, 5) is 27.4. The maximum Gasteiger partial charge on any atom is 0.373 e. The zero-order chi connectivity index (χ0) is 25.3. The van der Waals surface area contributed by atoms with Crippen molar-refractivity contribution < 1.29 is 27.9 Å². The van der Waals surface area contributed by atoms with Gasteiger partial charge < -0.3 is 10.0 Å². The Balaban J connectivity index is 0.000000917. The number of hydrogen-bond donors (Lipinski definition) is 1. The molecule has 1 saturated heterocycles. The van der Waals surface area contributed by atoms with E-state index < -0.39 is 24.0 Å². The van der Waals surface area contributed by atoms with Crippen molar-refractivity contribution in [2.45, 2.75) is 31.5 Å².